The lowest BCUT2D eigenvalue weighted by Gasteiger charge is -2.23. The molecule has 0 aliphatic carbocycles. The Hall–Kier alpha value is -1.16. The molecule has 1 rings (SSSR count). The maximum absolute atomic E-state index is 12.6. The van der Waals surface area contributed by atoms with Gasteiger partial charge in [-0.05, 0) is 31.0 Å². The number of anilines is 1. The van der Waals surface area contributed by atoms with Crippen molar-refractivity contribution in [1.29, 1.82) is 0 Å². The maximum Gasteiger partial charge on any atom is 0.256 e. The average Bonchev–Trinajstić information content (AvgIpc) is 2.17. The third kappa shape index (κ3) is 3.17. The van der Waals surface area contributed by atoms with Gasteiger partial charge in [0.2, 0.25) is 0 Å². The smallest absolute Gasteiger partial charge is 0.256 e. The first kappa shape index (κ1) is 12.9. The van der Waals surface area contributed by atoms with E-state index in [2.05, 4.69) is 0 Å². The Balaban J connectivity index is 2.76. The van der Waals surface area contributed by atoms with E-state index in [1.54, 1.807) is 0 Å². The molecule has 0 spiro atoms. The monoisotopic (exact) mass is 228 g/mol. The standard InChI is InChI=1S/C12H18F2N2/c1-12(15,11(13)14)8-9-4-6-10(7-5-9)16(2)3/h4-7,11H,8,15H2,1-3H3. The number of benzene rings is 1. The Labute approximate surface area is 95.1 Å². The SMILES string of the molecule is CN(C)c1ccc(CC(C)(N)C(F)F)cc1. The second kappa shape index (κ2) is 4.78. The second-order valence-corrected chi connectivity index (χ2v) is 4.54. The van der Waals surface area contributed by atoms with Crippen molar-refractivity contribution in [3.8, 4) is 0 Å². The topological polar surface area (TPSA) is 29.3 Å². The van der Waals surface area contributed by atoms with Gasteiger partial charge in [-0.1, -0.05) is 12.1 Å². The minimum atomic E-state index is -2.51. The molecular formula is C12H18F2N2. The molecule has 0 fully saturated rings. The normalized spacial score (nSPS) is 14.9. The molecule has 2 nitrogen and oxygen atoms in total. The van der Waals surface area contributed by atoms with Crippen molar-refractivity contribution in [2.75, 3.05) is 19.0 Å². The number of hydrogen-bond donors (Lipinski definition) is 1. The quantitative estimate of drug-likeness (QED) is 0.856. The Morgan fingerprint density at radius 2 is 1.75 bits per heavy atom. The van der Waals surface area contributed by atoms with Gasteiger partial charge in [0.25, 0.3) is 6.43 Å². The molecule has 2 N–H and O–H groups in total. The van der Waals surface area contributed by atoms with Crippen LogP contribution in [0.1, 0.15) is 12.5 Å². The predicted molar refractivity (Wildman–Crippen MR) is 63.1 cm³/mol. The summed E-state index contributed by atoms with van der Waals surface area (Å²) in [5.41, 5.74) is 5.94. The number of rotatable bonds is 4. The molecule has 0 aromatic heterocycles. The van der Waals surface area contributed by atoms with Crippen LogP contribution in [-0.4, -0.2) is 26.1 Å². The van der Waals surface area contributed by atoms with Gasteiger partial charge in [-0.3, -0.25) is 0 Å². The van der Waals surface area contributed by atoms with E-state index in [4.69, 9.17) is 5.73 Å². The van der Waals surface area contributed by atoms with Crippen LogP contribution in [0.25, 0.3) is 0 Å². The molecule has 0 aliphatic rings. The fraction of sp³-hybridized carbons (Fsp3) is 0.500. The van der Waals surface area contributed by atoms with E-state index < -0.39 is 12.0 Å². The van der Waals surface area contributed by atoms with E-state index in [1.165, 1.54) is 6.92 Å². The highest BCUT2D eigenvalue weighted by Crippen LogP contribution is 2.20. The molecule has 16 heavy (non-hydrogen) atoms. The summed E-state index contributed by atoms with van der Waals surface area (Å²) in [6.45, 7) is 1.37. The number of nitrogens with zero attached hydrogens (tertiary/aromatic N) is 1. The molecule has 4 heteroatoms. The van der Waals surface area contributed by atoms with Crippen molar-refractivity contribution in [3.63, 3.8) is 0 Å². The summed E-state index contributed by atoms with van der Waals surface area (Å²) >= 11 is 0. The van der Waals surface area contributed by atoms with Crippen molar-refractivity contribution >= 4 is 5.69 Å². The predicted octanol–water partition coefficient (Wildman–Crippen LogP) is 2.28. The van der Waals surface area contributed by atoms with Gasteiger partial charge in [0.05, 0.1) is 5.54 Å². The van der Waals surface area contributed by atoms with E-state index in [-0.39, 0.29) is 6.42 Å². The van der Waals surface area contributed by atoms with Gasteiger partial charge in [0, 0.05) is 19.8 Å². The Bertz CT molecular complexity index is 331. The van der Waals surface area contributed by atoms with Crippen LogP contribution in [0.2, 0.25) is 0 Å². The number of alkyl halides is 2. The Morgan fingerprint density at radius 1 is 1.25 bits per heavy atom. The first-order valence-corrected chi connectivity index (χ1v) is 5.16. The third-order valence-electron chi connectivity index (χ3n) is 2.54. The molecule has 1 atom stereocenters. The highest BCUT2D eigenvalue weighted by Gasteiger charge is 2.30. The molecule has 0 saturated carbocycles. The van der Waals surface area contributed by atoms with E-state index in [0.29, 0.717) is 0 Å². The Kier molecular flexibility index (Phi) is 3.86. The molecule has 0 radical (unpaired) electrons. The van der Waals surface area contributed by atoms with Gasteiger partial charge in [-0.15, -0.1) is 0 Å². The average molecular weight is 228 g/mol. The summed E-state index contributed by atoms with van der Waals surface area (Å²) in [5.74, 6) is 0. The van der Waals surface area contributed by atoms with E-state index in [1.807, 2.05) is 43.3 Å². The summed E-state index contributed by atoms with van der Waals surface area (Å²) < 4.78 is 25.1. The van der Waals surface area contributed by atoms with Crippen molar-refractivity contribution in [2.24, 2.45) is 5.73 Å². The zero-order chi connectivity index (χ0) is 12.3. The molecule has 0 heterocycles. The lowest BCUT2D eigenvalue weighted by molar-refractivity contribution is 0.0639. The highest BCUT2D eigenvalue weighted by molar-refractivity contribution is 5.46. The summed E-state index contributed by atoms with van der Waals surface area (Å²) in [7, 11) is 3.86. The lowest BCUT2D eigenvalue weighted by Crippen LogP contribution is -2.45. The fourth-order valence-corrected chi connectivity index (χ4v) is 1.43. The van der Waals surface area contributed by atoms with Crippen LogP contribution in [0.15, 0.2) is 24.3 Å². The molecule has 90 valence electrons. The Morgan fingerprint density at radius 3 is 2.12 bits per heavy atom. The summed E-state index contributed by atoms with van der Waals surface area (Å²) in [6.07, 6.45) is -2.33. The summed E-state index contributed by atoms with van der Waals surface area (Å²) in [4.78, 5) is 1.96. The van der Waals surface area contributed by atoms with Crippen LogP contribution in [0.4, 0.5) is 14.5 Å². The number of nitrogens with two attached hydrogens (primary N) is 1. The minimum absolute atomic E-state index is 0.179. The van der Waals surface area contributed by atoms with Crippen molar-refractivity contribution in [3.05, 3.63) is 29.8 Å². The van der Waals surface area contributed by atoms with Gasteiger partial charge in [0.1, 0.15) is 0 Å². The molecule has 0 bridgehead atoms. The van der Waals surface area contributed by atoms with Crippen molar-refractivity contribution in [2.45, 2.75) is 25.3 Å². The summed E-state index contributed by atoms with van der Waals surface area (Å²) in [5, 5.41) is 0. The van der Waals surface area contributed by atoms with Gasteiger partial charge in [-0.25, -0.2) is 8.78 Å². The molecule has 1 aromatic carbocycles. The number of hydrogen-bond acceptors (Lipinski definition) is 2. The fourth-order valence-electron chi connectivity index (χ4n) is 1.43. The van der Waals surface area contributed by atoms with Crippen LogP contribution in [0, 0.1) is 0 Å². The van der Waals surface area contributed by atoms with Crippen molar-refractivity contribution in [1.82, 2.24) is 0 Å². The first-order valence-electron chi connectivity index (χ1n) is 5.16. The van der Waals surface area contributed by atoms with Gasteiger partial charge >= 0.3 is 0 Å². The second-order valence-electron chi connectivity index (χ2n) is 4.54. The van der Waals surface area contributed by atoms with Crippen LogP contribution < -0.4 is 10.6 Å². The molecule has 1 aromatic rings. The van der Waals surface area contributed by atoms with E-state index in [9.17, 15) is 8.78 Å². The molecule has 0 aliphatic heterocycles. The minimum Gasteiger partial charge on any atom is -0.378 e. The molecule has 1 unspecified atom stereocenters. The number of halogens is 2. The zero-order valence-electron chi connectivity index (χ0n) is 9.87. The van der Waals surface area contributed by atoms with Crippen LogP contribution in [-0.2, 0) is 6.42 Å². The van der Waals surface area contributed by atoms with Crippen LogP contribution in [0.3, 0.4) is 0 Å². The van der Waals surface area contributed by atoms with Gasteiger partial charge < -0.3 is 10.6 Å². The molecule has 0 saturated heterocycles. The highest BCUT2D eigenvalue weighted by atomic mass is 19.3. The first-order chi connectivity index (χ1) is 7.33. The lowest BCUT2D eigenvalue weighted by atomic mass is 9.94. The largest absolute Gasteiger partial charge is 0.378 e. The molecule has 0 amide bonds. The molecular weight excluding hydrogens is 210 g/mol. The van der Waals surface area contributed by atoms with E-state index in [0.717, 1.165) is 11.3 Å². The third-order valence-corrected chi connectivity index (χ3v) is 2.54. The van der Waals surface area contributed by atoms with Gasteiger partial charge in [0.15, 0.2) is 0 Å². The van der Waals surface area contributed by atoms with E-state index >= 15 is 0 Å². The van der Waals surface area contributed by atoms with Crippen LogP contribution in [0.5, 0.6) is 0 Å². The maximum atomic E-state index is 12.6. The summed E-state index contributed by atoms with van der Waals surface area (Å²) in [6, 6.07) is 7.47. The van der Waals surface area contributed by atoms with Gasteiger partial charge in [-0.2, -0.15) is 0 Å². The zero-order valence-corrected chi connectivity index (χ0v) is 9.87. The van der Waals surface area contributed by atoms with Crippen LogP contribution >= 0.6 is 0 Å². The van der Waals surface area contributed by atoms with Crippen molar-refractivity contribution < 1.29 is 8.78 Å².